The van der Waals surface area contributed by atoms with Gasteiger partial charge < -0.3 is 11.1 Å². The summed E-state index contributed by atoms with van der Waals surface area (Å²) in [5.41, 5.74) is 3.13. The lowest BCUT2D eigenvalue weighted by molar-refractivity contribution is -0.168. The molecule has 0 aliphatic carbocycles. The summed E-state index contributed by atoms with van der Waals surface area (Å²) in [7, 11) is 0. The number of anilines is 2. The summed E-state index contributed by atoms with van der Waals surface area (Å²) in [5.74, 6) is -0.0320. The van der Waals surface area contributed by atoms with Crippen LogP contribution in [-0.2, 0) is 0 Å². The maximum Gasteiger partial charge on any atom is 0.410 e. The maximum absolute atomic E-state index is 12.4. The van der Waals surface area contributed by atoms with Gasteiger partial charge in [0.15, 0.2) is 0 Å². The maximum atomic E-state index is 12.4. The third-order valence-corrected chi connectivity index (χ3v) is 2.21. The first-order valence-corrected chi connectivity index (χ1v) is 4.44. The SMILES string of the molecule is CC(C)(Nc1nc(N)ns1)C(F)(F)F. The fourth-order valence-corrected chi connectivity index (χ4v) is 1.28. The summed E-state index contributed by atoms with van der Waals surface area (Å²) in [6.07, 6.45) is -4.35. The van der Waals surface area contributed by atoms with Gasteiger partial charge in [0.1, 0.15) is 5.54 Å². The van der Waals surface area contributed by atoms with Crippen LogP contribution in [0.1, 0.15) is 13.8 Å². The van der Waals surface area contributed by atoms with Crippen LogP contribution in [0, 0.1) is 0 Å². The van der Waals surface area contributed by atoms with Gasteiger partial charge in [0.25, 0.3) is 0 Å². The highest BCUT2D eigenvalue weighted by Crippen LogP contribution is 2.33. The molecule has 1 aromatic rings. The van der Waals surface area contributed by atoms with E-state index in [0.717, 1.165) is 25.4 Å². The van der Waals surface area contributed by atoms with Gasteiger partial charge in [0.2, 0.25) is 11.1 Å². The van der Waals surface area contributed by atoms with Gasteiger partial charge in [-0.05, 0) is 13.8 Å². The van der Waals surface area contributed by atoms with Crippen LogP contribution >= 0.6 is 11.5 Å². The Hall–Kier alpha value is -1.05. The second-order valence-electron chi connectivity index (χ2n) is 3.21. The lowest BCUT2D eigenvalue weighted by atomic mass is 10.1. The fourth-order valence-electron chi connectivity index (χ4n) is 0.624. The Balaban J connectivity index is 2.78. The molecule has 0 saturated heterocycles. The number of alkyl halides is 3. The van der Waals surface area contributed by atoms with Crippen LogP contribution in [0.25, 0.3) is 0 Å². The lowest BCUT2D eigenvalue weighted by Gasteiger charge is -2.28. The number of nitrogens with two attached hydrogens (primary N) is 1. The summed E-state index contributed by atoms with van der Waals surface area (Å²) < 4.78 is 40.7. The molecule has 1 rings (SSSR count). The summed E-state index contributed by atoms with van der Waals surface area (Å²) in [6, 6.07) is 0. The van der Waals surface area contributed by atoms with E-state index in [-0.39, 0.29) is 11.1 Å². The van der Waals surface area contributed by atoms with Crippen molar-refractivity contribution < 1.29 is 13.2 Å². The molecule has 0 bridgehead atoms. The third-order valence-electron chi connectivity index (χ3n) is 1.57. The topological polar surface area (TPSA) is 63.8 Å². The summed E-state index contributed by atoms with van der Waals surface area (Å²) >= 11 is 0.795. The molecule has 4 nitrogen and oxygen atoms in total. The molecular weight excluding hydrogens is 217 g/mol. The molecule has 0 saturated carbocycles. The van der Waals surface area contributed by atoms with Crippen molar-refractivity contribution in [2.75, 3.05) is 11.1 Å². The van der Waals surface area contributed by atoms with Gasteiger partial charge in [-0.25, -0.2) is 0 Å². The molecule has 3 N–H and O–H groups in total. The van der Waals surface area contributed by atoms with E-state index in [4.69, 9.17) is 5.73 Å². The molecule has 0 aliphatic rings. The van der Waals surface area contributed by atoms with Crippen LogP contribution in [0.15, 0.2) is 0 Å². The molecule has 14 heavy (non-hydrogen) atoms. The summed E-state index contributed by atoms with van der Waals surface area (Å²) in [5, 5.41) is 2.28. The van der Waals surface area contributed by atoms with E-state index in [9.17, 15) is 13.2 Å². The molecule has 0 spiro atoms. The zero-order chi connectivity index (χ0) is 11.0. The normalized spacial score (nSPS) is 12.9. The highest BCUT2D eigenvalue weighted by Gasteiger charge is 2.47. The number of halogens is 3. The number of hydrogen-bond acceptors (Lipinski definition) is 5. The number of aromatic nitrogens is 2. The average molecular weight is 226 g/mol. The molecule has 0 amide bonds. The van der Waals surface area contributed by atoms with Crippen molar-refractivity contribution in [3.05, 3.63) is 0 Å². The molecule has 1 heterocycles. The Morgan fingerprint density at radius 2 is 1.93 bits per heavy atom. The zero-order valence-electron chi connectivity index (χ0n) is 7.51. The predicted octanol–water partition coefficient (Wildman–Crippen LogP) is 1.87. The third kappa shape index (κ3) is 2.25. The average Bonchev–Trinajstić information content (AvgIpc) is 2.31. The molecule has 0 unspecified atom stereocenters. The van der Waals surface area contributed by atoms with Crippen LogP contribution in [-0.4, -0.2) is 21.1 Å². The van der Waals surface area contributed by atoms with Crippen molar-refractivity contribution in [3.63, 3.8) is 0 Å². The minimum absolute atomic E-state index is 0.0320. The molecule has 0 aromatic carbocycles. The first kappa shape index (κ1) is 11.0. The van der Waals surface area contributed by atoms with Crippen molar-refractivity contribution in [1.29, 1.82) is 0 Å². The number of nitrogens with zero attached hydrogens (tertiary/aromatic N) is 2. The van der Waals surface area contributed by atoms with Crippen LogP contribution < -0.4 is 11.1 Å². The Kier molecular flexibility index (Phi) is 2.57. The fraction of sp³-hybridized carbons (Fsp3) is 0.667. The first-order valence-electron chi connectivity index (χ1n) is 3.66. The van der Waals surface area contributed by atoms with Crippen LogP contribution in [0.4, 0.5) is 24.3 Å². The Morgan fingerprint density at radius 3 is 2.29 bits per heavy atom. The van der Waals surface area contributed by atoms with E-state index in [2.05, 4.69) is 14.7 Å². The second-order valence-corrected chi connectivity index (χ2v) is 3.96. The summed E-state index contributed by atoms with van der Waals surface area (Å²) in [6.45, 7) is 2.04. The van der Waals surface area contributed by atoms with Gasteiger partial charge in [-0.3, -0.25) is 0 Å². The van der Waals surface area contributed by atoms with Gasteiger partial charge in [0.05, 0.1) is 0 Å². The van der Waals surface area contributed by atoms with Crippen molar-refractivity contribution in [3.8, 4) is 0 Å². The highest BCUT2D eigenvalue weighted by atomic mass is 32.1. The Morgan fingerprint density at radius 1 is 1.36 bits per heavy atom. The van der Waals surface area contributed by atoms with Crippen molar-refractivity contribution in [2.24, 2.45) is 0 Å². The van der Waals surface area contributed by atoms with Crippen molar-refractivity contribution in [2.45, 2.75) is 25.6 Å². The Labute approximate surface area is 82.5 Å². The van der Waals surface area contributed by atoms with E-state index < -0.39 is 11.7 Å². The van der Waals surface area contributed by atoms with Gasteiger partial charge in [-0.2, -0.15) is 22.5 Å². The minimum atomic E-state index is -4.35. The standard InChI is InChI=1S/C6H9F3N4S/c1-5(2,6(7,8)9)12-4-11-3(10)13-14-4/h1-2H3,(H3,10,11,12,13). The molecule has 1 aromatic heterocycles. The smallest absolute Gasteiger partial charge is 0.367 e. The minimum Gasteiger partial charge on any atom is -0.367 e. The number of nitrogens with one attached hydrogen (secondary N) is 1. The van der Waals surface area contributed by atoms with Gasteiger partial charge in [0, 0.05) is 11.5 Å². The van der Waals surface area contributed by atoms with Gasteiger partial charge in [-0.15, -0.1) is 0 Å². The van der Waals surface area contributed by atoms with Crippen molar-refractivity contribution >= 4 is 22.6 Å². The summed E-state index contributed by atoms with van der Waals surface area (Å²) in [4.78, 5) is 3.58. The zero-order valence-corrected chi connectivity index (χ0v) is 8.33. The number of rotatable bonds is 2. The quantitative estimate of drug-likeness (QED) is 0.808. The number of nitrogen functional groups attached to an aromatic ring is 1. The Bertz CT molecular complexity index is 319. The molecule has 0 radical (unpaired) electrons. The van der Waals surface area contributed by atoms with E-state index in [1.165, 1.54) is 0 Å². The molecular formula is C6H9F3N4S. The first-order chi connectivity index (χ1) is 6.22. The molecule has 80 valence electrons. The molecule has 0 aliphatic heterocycles. The van der Waals surface area contributed by atoms with Crippen LogP contribution in [0.3, 0.4) is 0 Å². The monoisotopic (exact) mass is 226 g/mol. The van der Waals surface area contributed by atoms with E-state index in [1.54, 1.807) is 0 Å². The van der Waals surface area contributed by atoms with Crippen LogP contribution in [0.2, 0.25) is 0 Å². The number of hydrogen-bond donors (Lipinski definition) is 2. The van der Waals surface area contributed by atoms with Gasteiger partial charge in [-0.1, -0.05) is 0 Å². The second kappa shape index (κ2) is 3.26. The lowest BCUT2D eigenvalue weighted by Crippen LogP contribution is -2.46. The van der Waals surface area contributed by atoms with E-state index >= 15 is 0 Å². The van der Waals surface area contributed by atoms with Crippen molar-refractivity contribution in [1.82, 2.24) is 9.36 Å². The predicted molar refractivity (Wildman–Crippen MR) is 48.1 cm³/mol. The molecule has 8 heteroatoms. The van der Waals surface area contributed by atoms with E-state index in [1.807, 2.05) is 0 Å². The highest BCUT2D eigenvalue weighted by molar-refractivity contribution is 7.09. The molecule has 0 fully saturated rings. The van der Waals surface area contributed by atoms with E-state index in [0.29, 0.717) is 0 Å². The van der Waals surface area contributed by atoms with Crippen LogP contribution in [0.5, 0.6) is 0 Å². The largest absolute Gasteiger partial charge is 0.410 e. The van der Waals surface area contributed by atoms with Gasteiger partial charge >= 0.3 is 6.18 Å². The molecule has 0 atom stereocenters.